The van der Waals surface area contributed by atoms with E-state index >= 15 is 0 Å². The van der Waals surface area contributed by atoms with Gasteiger partial charge in [0.2, 0.25) is 0 Å². The van der Waals surface area contributed by atoms with E-state index in [9.17, 15) is 14.7 Å². The lowest BCUT2D eigenvalue weighted by molar-refractivity contribution is -0.141. The molecule has 1 atom stereocenters. The standard InChI is InChI=1S/C17H20N2O4/c1-11-8-18-10-14(11)16(20)19-9-13(17(21)22)7-12-5-3-4-6-15(12)23-2/h3-6,8,10,13,18H,7,9H2,1-2H3,(H,19,20)(H,21,22). The number of carboxylic acids is 1. The van der Waals surface area contributed by atoms with Crippen molar-refractivity contribution in [2.45, 2.75) is 13.3 Å². The minimum absolute atomic E-state index is 0.0524. The van der Waals surface area contributed by atoms with Crippen LogP contribution in [0.2, 0.25) is 0 Å². The summed E-state index contributed by atoms with van der Waals surface area (Å²) in [7, 11) is 1.55. The van der Waals surface area contributed by atoms with Crippen molar-refractivity contribution in [1.29, 1.82) is 0 Å². The number of carboxylic acid groups (broad SMARTS) is 1. The number of ether oxygens (including phenoxy) is 1. The molecule has 122 valence electrons. The Labute approximate surface area is 134 Å². The minimum atomic E-state index is -0.956. The molecule has 1 heterocycles. The topological polar surface area (TPSA) is 91.4 Å². The van der Waals surface area contributed by atoms with Crippen LogP contribution in [-0.4, -0.2) is 35.6 Å². The Hall–Kier alpha value is -2.76. The molecule has 1 aromatic heterocycles. The van der Waals surface area contributed by atoms with E-state index in [1.54, 1.807) is 25.6 Å². The number of methoxy groups -OCH3 is 1. The van der Waals surface area contributed by atoms with Gasteiger partial charge in [-0.2, -0.15) is 0 Å². The number of para-hydroxylation sites is 1. The van der Waals surface area contributed by atoms with Crippen molar-refractivity contribution in [1.82, 2.24) is 10.3 Å². The van der Waals surface area contributed by atoms with E-state index in [1.165, 1.54) is 0 Å². The third-order valence-electron chi connectivity index (χ3n) is 3.71. The molecule has 3 N–H and O–H groups in total. The lowest BCUT2D eigenvalue weighted by atomic mass is 9.98. The maximum Gasteiger partial charge on any atom is 0.308 e. The van der Waals surface area contributed by atoms with Gasteiger partial charge in [-0.1, -0.05) is 18.2 Å². The predicted octanol–water partition coefficient (Wildman–Crippen LogP) is 2.01. The lowest BCUT2D eigenvalue weighted by Gasteiger charge is -2.15. The zero-order valence-corrected chi connectivity index (χ0v) is 13.1. The summed E-state index contributed by atoms with van der Waals surface area (Å²) >= 11 is 0. The molecule has 0 spiro atoms. The van der Waals surface area contributed by atoms with E-state index in [-0.39, 0.29) is 18.9 Å². The second-order valence-electron chi connectivity index (χ2n) is 5.31. The Morgan fingerprint density at radius 1 is 1.30 bits per heavy atom. The lowest BCUT2D eigenvalue weighted by Crippen LogP contribution is -2.34. The highest BCUT2D eigenvalue weighted by Crippen LogP contribution is 2.21. The summed E-state index contributed by atoms with van der Waals surface area (Å²) in [6.07, 6.45) is 3.60. The number of carbonyl (C=O) groups is 2. The quantitative estimate of drug-likeness (QED) is 0.728. The van der Waals surface area contributed by atoms with Crippen molar-refractivity contribution in [2.24, 2.45) is 5.92 Å². The number of hydrogen-bond donors (Lipinski definition) is 3. The SMILES string of the molecule is COc1ccccc1CC(CNC(=O)c1c[nH]cc1C)C(=O)O. The van der Waals surface area contributed by atoms with Gasteiger partial charge in [-0.15, -0.1) is 0 Å². The Balaban J connectivity index is 2.03. The normalized spacial score (nSPS) is 11.7. The van der Waals surface area contributed by atoms with Crippen LogP contribution < -0.4 is 10.1 Å². The van der Waals surface area contributed by atoms with Gasteiger partial charge in [-0.3, -0.25) is 9.59 Å². The molecule has 0 bridgehead atoms. The average molecular weight is 316 g/mol. The van der Waals surface area contributed by atoms with Gasteiger partial charge in [0.05, 0.1) is 18.6 Å². The molecule has 2 rings (SSSR count). The highest BCUT2D eigenvalue weighted by Gasteiger charge is 2.21. The summed E-state index contributed by atoms with van der Waals surface area (Å²) < 4.78 is 5.24. The first kappa shape index (κ1) is 16.6. The second-order valence-corrected chi connectivity index (χ2v) is 5.31. The number of aryl methyl sites for hydroxylation is 1. The van der Waals surface area contributed by atoms with Crippen LogP contribution in [0.15, 0.2) is 36.7 Å². The Bertz CT molecular complexity index is 693. The summed E-state index contributed by atoms with van der Waals surface area (Å²) in [6.45, 7) is 1.87. The van der Waals surface area contributed by atoms with Crippen molar-refractivity contribution in [3.05, 3.63) is 53.3 Å². The van der Waals surface area contributed by atoms with E-state index in [1.807, 2.05) is 25.1 Å². The number of amides is 1. The van der Waals surface area contributed by atoms with E-state index < -0.39 is 11.9 Å². The van der Waals surface area contributed by atoms with Gasteiger partial charge in [0.25, 0.3) is 5.91 Å². The number of carbonyl (C=O) groups excluding carboxylic acids is 1. The zero-order chi connectivity index (χ0) is 16.8. The molecule has 0 fully saturated rings. The molecule has 0 aliphatic rings. The first-order chi connectivity index (χ1) is 11.0. The molecule has 0 radical (unpaired) electrons. The fourth-order valence-electron chi connectivity index (χ4n) is 2.38. The van der Waals surface area contributed by atoms with Gasteiger partial charge in [0.1, 0.15) is 5.75 Å². The Morgan fingerprint density at radius 3 is 2.65 bits per heavy atom. The van der Waals surface area contributed by atoms with Crippen molar-refractivity contribution in [3.8, 4) is 5.75 Å². The number of nitrogens with one attached hydrogen (secondary N) is 2. The molecule has 2 aromatic rings. The second kappa shape index (κ2) is 7.49. The fraction of sp³-hybridized carbons (Fsp3) is 0.294. The summed E-state index contributed by atoms with van der Waals surface area (Å²) in [6, 6.07) is 7.27. The van der Waals surface area contributed by atoms with Gasteiger partial charge in [-0.25, -0.2) is 0 Å². The third-order valence-corrected chi connectivity index (χ3v) is 3.71. The molecule has 1 aromatic carbocycles. The number of rotatable bonds is 7. The molecule has 0 aliphatic heterocycles. The molecule has 0 aliphatic carbocycles. The molecule has 0 saturated carbocycles. The van der Waals surface area contributed by atoms with Gasteiger partial charge >= 0.3 is 5.97 Å². The maximum absolute atomic E-state index is 12.1. The van der Waals surface area contributed by atoms with Crippen LogP contribution in [0.4, 0.5) is 0 Å². The van der Waals surface area contributed by atoms with Crippen LogP contribution >= 0.6 is 0 Å². The maximum atomic E-state index is 12.1. The Kier molecular flexibility index (Phi) is 5.41. The van der Waals surface area contributed by atoms with Crippen LogP contribution in [0, 0.1) is 12.8 Å². The van der Waals surface area contributed by atoms with E-state index in [0.717, 1.165) is 11.1 Å². The summed E-state index contributed by atoms with van der Waals surface area (Å²) in [5.74, 6) is -1.32. The van der Waals surface area contributed by atoms with Gasteiger partial charge in [0, 0.05) is 18.9 Å². The molecule has 23 heavy (non-hydrogen) atoms. The summed E-state index contributed by atoms with van der Waals surface area (Å²) in [4.78, 5) is 26.4. The number of aliphatic carboxylic acids is 1. The monoisotopic (exact) mass is 316 g/mol. The van der Waals surface area contributed by atoms with Crippen LogP contribution in [0.3, 0.4) is 0 Å². The number of hydrogen-bond acceptors (Lipinski definition) is 3. The molecule has 6 nitrogen and oxygen atoms in total. The van der Waals surface area contributed by atoms with Crippen molar-refractivity contribution in [3.63, 3.8) is 0 Å². The largest absolute Gasteiger partial charge is 0.496 e. The predicted molar refractivity (Wildman–Crippen MR) is 85.7 cm³/mol. The smallest absolute Gasteiger partial charge is 0.308 e. The van der Waals surface area contributed by atoms with E-state index in [2.05, 4.69) is 10.3 Å². The van der Waals surface area contributed by atoms with E-state index in [0.29, 0.717) is 11.3 Å². The van der Waals surface area contributed by atoms with Gasteiger partial charge < -0.3 is 20.1 Å². The van der Waals surface area contributed by atoms with Crippen LogP contribution in [-0.2, 0) is 11.2 Å². The van der Waals surface area contributed by atoms with Crippen molar-refractivity contribution >= 4 is 11.9 Å². The fourth-order valence-corrected chi connectivity index (χ4v) is 2.38. The number of aromatic amines is 1. The van der Waals surface area contributed by atoms with Gasteiger partial charge in [-0.05, 0) is 30.5 Å². The number of benzene rings is 1. The molecular formula is C17H20N2O4. The molecule has 1 unspecified atom stereocenters. The Morgan fingerprint density at radius 2 is 2.04 bits per heavy atom. The number of H-pyrrole nitrogens is 1. The van der Waals surface area contributed by atoms with Gasteiger partial charge in [0.15, 0.2) is 0 Å². The van der Waals surface area contributed by atoms with Crippen LogP contribution in [0.1, 0.15) is 21.5 Å². The molecule has 6 heteroatoms. The minimum Gasteiger partial charge on any atom is -0.496 e. The molecular weight excluding hydrogens is 296 g/mol. The molecule has 0 saturated heterocycles. The number of aromatic nitrogens is 1. The highest BCUT2D eigenvalue weighted by molar-refractivity contribution is 5.95. The van der Waals surface area contributed by atoms with Crippen molar-refractivity contribution < 1.29 is 19.4 Å². The van der Waals surface area contributed by atoms with Crippen LogP contribution in [0.5, 0.6) is 5.75 Å². The first-order valence-electron chi connectivity index (χ1n) is 7.29. The summed E-state index contributed by atoms with van der Waals surface area (Å²) in [5, 5.41) is 12.1. The first-order valence-corrected chi connectivity index (χ1v) is 7.29. The highest BCUT2D eigenvalue weighted by atomic mass is 16.5. The average Bonchev–Trinajstić information content (AvgIpc) is 2.97. The zero-order valence-electron chi connectivity index (χ0n) is 13.1. The van der Waals surface area contributed by atoms with E-state index in [4.69, 9.17) is 4.74 Å². The molecule has 1 amide bonds. The third kappa shape index (κ3) is 4.12. The van der Waals surface area contributed by atoms with Crippen molar-refractivity contribution in [2.75, 3.05) is 13.7 Å². The summed E-state index contributed by atoms with van der Waals surface area (Å²) in [5.41, 5.74) is 2.14. The van der Waals surface area contributed by atoms with Crippen LogP contribution in [0.25, 0.3) is 0 Å².